The first-order valence-corrected chi connectivity index (χ1v) is 9.66. The van der Waals surface area contributed by atoms with Gasteiger partial charge in [-0.15, -0.1) is 0 Å². The zero-order valence-corrected chi connectivity index (χ0v) is 10.1. The van der Waals surface area contributed by atoms with Gasteiger partial charge in [-0.05, 0) is 0 Å². The SMILES string of the molecule is CCCCCCCC[As](C)(=O)O. The van der Waals surface area contributed by atoms with Gasteiger partial charge >= 0.3 is 78.0 Å². The molecule has 0 radical (unpaired) electrons. The van der Waals surface area contributed by atoms with Crippen LogP contribution in [0.5, 0.6) is 0 Å². The van der Waals surface area contributed by atoms with E-state index < -0.39 is 13.8 Å². The van der Waals surface area contributed by atoms with Crippen LogP contribution in [0.2, 0.25) is 10.9 Å². The average Bonchev–Trinajstić information content (AvgIpc) is 1.94. The van der Waals surface area contributed by atoms with Crippen LogP contribution in [0.3, 0.4) is 0 Å². The summed E-state index contributed by atoms with van der Waals surface area (Å²) in [6.45, 7) is 2.19. The van der Waals surface area contributed by atoms with Gasteiger partial charge in [0.2, 0.25) is 0 Å². The van der Waals surface area contributed by atoms with Crippen molar-refractivity contribution in [3.05, 3.63) is 0 Å². The molecule has 0 aliphatic rings. The minimum atomic E-state index is -3.28. The summed E-state index contributed by atoms with van der Waals surface area (Å²) in [6, 6.07) is 0. The van der Waals surface area contributed by atoms with Gasteiger partial charge in [0.25, 0.3) is 0 Å². The summed E-state index contributed by atoms with van der Waals surface area (Å²) in [4.78, 5) is 0. The van der Waals surface area contributed by atoms with Crippen LogP contribution in [-0.4, -0.2) is 17.9 Å². The molecule has 0 aromatic rings. The Kier molecular flexibility index (Phi) is 6.97. The molecule has 0 bridgehead atoms. The van der Waals surface area contributed by atoms with E-state index in [9.17, 15) is 3.74 Å². The Morgan fingerprint density at radius 3 is 2.08 bits per heavy atom. The topological polar surface area (TPSA) is 37.3 Å². The molecule has 0 spiro atoms. The molecule has 1 N–H and O–H groups in total. The van der Waals surface area contributed by atoms with Crippen LogP contribution >= 0.6 is 0 Å². The molecule has 12 heavy (non-hydrogen) atoms. The zero-order valence-electron chi connectivity index (χ0n) is 8.25. The van der Waals surface area contributed by atoms with Crippen molar-refractivity contribution in [3.63, 3.8) is 0 Å². The molecule has 3 heteroatoms. The molecule has 0 rings (SSSR count). The molecule has 0 saturated heterocycles. The third-order valence-electron chi connectivity index (χ3n) is 1.93. The Balaban J connectivity index is 3.06. The number of hydrogen-bond donors (Lipinski definition) is 1. The van der Waals surface area contributed by atoms with E-state index in [0.29, 0.717) is 5.21 Å². The van der Waals surface area contributed by atoms with E-state index in [2.05, 4.69) is 6.92 Å². The summed E-state index contributed by atoms with van der Waals surface area (Å²) in [6.07, 6.45) is 7.13. The molecule has 2 nitrogen and oxygen atoms in total. The normalized spacial score (nSPS) is 15.9. The number of rotatable bonds is 7. The van der Waals surface area contributed by atoms with Crippen LogP contribution in [0.1, 0.15) is 45.4 Å². The van der Waals surface area contributed by atoms with E-state index in [1.54, 1.807) is 0 Å². The zero-order chi connectivity index (χ0) is 9.45. The van der Waals surface area contributed by atoms with Gasteiger partial charge < -0.3 is 0 Å². The summed E-state index contributed by atoms with van der Waals surface area (Å²) < 4.78 is 20.0. The first kappa shape index (κ1) is 12.3. The van der Waals surface area contributed by atoms with E-state index >= 15 is 0 Å². The van der Waals surface area contributed by atoms with Gasteiger partial charge in [0.15, 0.2) is 0 Å². The van der Waals surface area contributed by atoms with Crippen molar-refractivity contribution in [2.45, 2.75) is 56.4 Å². The monoisotopic (exact) mass is 236 g/mol. The molecular formula is C9H21AsO2. The van der Waals surface area contributed by atoms with E-state index in [1.165, 1.54) is 31.4 Å². The van der Waals surface area contributed by atoms with Crippen molar-refractivity contribution in [3.8, 4) is 0 Å². The standard InChI is InChI=1S/C9H21AsO2/c1-3-4-5-6-7-8-9-10(2,11)12/h3-9H2,1-2H3,(H,11,12). The van der Waals surface area contributed by atoms with Crippen molar-refractivity contribution < 1.29 is 7.84 Å². The summed E-state index contributed by atoms with van der Waals surface area (Å²) in [5, 5.41) is 0.560. The van der Waals surface area contributed by atoms with Crippen LogP contribution < -0.4 is 0 Å². The van der Waals surface area contributed by atoms with Gasteiger partial charge in [-0.2, -0.15) is 0 Å². The van der Waals surface area contributed by atoms with E-state index in [0.717, 1.165) is 12.8 Å². The second-order valence-corrected chi connectivity index (χ2v) is 8.89. The van der Waals surface area contributed by atoms with Crippen LogP contribution in [-0.2, 0) is 3.74 Å². The molecule has 0 saturated carbocycles. The van der Waals surface area contributed by atoms with Crippen LogP contribution in [0, 0.1) is 0 Å². The van der Waals surface area contributed by atoms with Gasteiger partial charge in [-0.25, -0.2) is 0 Å². The van der Waals surface area contributed by atoms with E-state index in [1.807, 2.05) is 0 Å². The van der Waals surface area contributed by atoms with E-state index in [4.69, 9.17) is 4.10 Å². The van der Waals surface area contributed by atoms with Gasteiger partial charge in [0.1, 0.15) is 0 Å². The molecule has 0 aliphatic carbocycles. The first-order chi connectivity index (χ1) is 5.56. The number of unbranched alkanes of at least 4 members (excludes halogenated alkanes) is 5. The summed E-state index contributed by atoms with van der Waals surface area (Å²) in [7, 11) is 0. The fraction of sp³-hybridized carbons (Fsp3) is 1.00. The van der Waals surface area contributed by atoms with Gasteiger partial charge in [-0.1, -0.05) is 0 Å². The van der Waals surface area contributed by atoms with Gasteiger partial charge in [0, 0.05) is 0 Å². The van der Waals surface area contributed by atoms with Crippen molar-refractivity contribution in [2.24, 2.45) is 0 Å². The Labute approximate surface area is 78.4 Å². The van der Waals surface area contributed by atoms with Crippen LogP contribution in [0.25, 0.3) is 0 Å². The van der Waals surface area contributed by atoms with Crippen molar-refractivity contribution in [2.75, 3.05) is 0 Å². The molecule has 0 aromatic heterocycles. The molecule has 0 heterocycles. The molecular weight excluding hydrogens is 215 g/mol. The van der Waals surface area contributed by atoms with Gasteiger partial charge in [-0.3, -0.25) is 0 Å². The van der Waals surface area contributed by atoms with Crippen molar-refractivity contribution in [1.82, 2.24) is 0 Å². The summed E-state index contributed by atoms with van der Waals surface area (Å²) in [5.41, 5.74) is 1.50. The predicted molar refractivity (Wildman–Crippen MR) is 52.7 cm³/mol. The Bertz CT molecular complexity index is 139. The Morgan fingerprint density at radius 2 is 1.58 bits per heavy atom. The molecule has 74 valence electrons. The van der Waals surface area contributed by atoms with Crippen molar-refractivity contribution >= 4 is 13.8 Å². The molecule has 0 aliphatic heterocycles. The fourth-order valence-corrected chi connectivity index (χ4v) is 2.89. The maximum atomic E-state index is 10.9. The molecule has 0 aromatic carbocycles. The number of hydrogen-bond acceptors (Lipinski definition) is 1. The Hall–Kier alpha value is 0.318. The van der Waals surface area contributed by atoms with Gasteiger partial charge in [0.05, 0.1) is 0 Å². The predicted octanol–water partition coefficient (Wildman–Crippen LogP) is 2.84. The summed E-state index contributed by atoms with van der Waals surface area (Å²) in [5.74, 6) is 0. The third-order valence-corrected chi connectivity index (χ3v) is 4.33. The molecule has 0 fully saturated rings. The third kappa shape index (κ3) is 10.3. The first-order valence-electron chi connectivity index (χ1n) is 4.85. The fourth-order valence-electron chi connectivity index (χ4n) is 1.19. The molecule has 1 atom stereocenters. The van der Waals surface area contributed by atoms with Crippen molar-refractivity contribution in [1.29, 1.82) is 0 Å². The Morgan fingerprint density at radius 1 is 1.08 bits per heavy atom. The second-order valence-electron chi connectivity index (χ2n) is 3.54. The minimum absolute atomic E-state index is 0.560. The summed E-state index contributed by atoms with van der Waals surface area (Å²) >= 11 is -3.28. The maximum absolute atomic E-state index is 10.9. The van der Waals surface area contributed by atoms with Crippen LogP contribution in [0.4, 0.5) is 0 Å². The quantitative estimate of drug-likeness (QED) is 0.545. The molecule has 1 unspecified atom stereocenters. The molecule has 0 amide bonds. The van der Waals surface area contributed by atoms with E-state index in [-0.39, 0.29) is 0 Å². The second kappa shape index (κ2) is 6.79. The average molecular weight is 236 g/mol. The van der Waals surface area contributed by atoms with Crippen LogP contribution in [0.15, 0.2) is 0 Å².